The van der Waals surface area contributed by atoms with Crippen LogP contribution in [0.4, 0.5) is 5.69 Å². The first-order valence-corrected chi connectivity index (χ1v) is 10.3. The first-order valence-electron chi connectivity index (χ1n) is 9.52. The van der Waals surface area contributed by atoms with Gasteiger partial charge in [-0.25, -0.2) is 9.78 Å². The van der Waals surface area contributed by atoms with Crippen molar-refractivity contribution in [3.63, 3.8) is 0 Å². The number of para-hydroxylation sites is 1. The summed E-state index contributed by atoms with van der Waals surface area (Å²) in [5.41, 5.74) is 3.27. The van der Waals surface area contributed by atoms with Crippen molar-refractivity contribution in [2.24, 2.45) is 0 Å². The summed E-state index contributed by atoms with van der Waals surface area (Å²) in [6.45, 7) is 0. The molecule has 0 saturated carbocycles. The maximum atomic E-state index is 13.1. The number of carboxylic acid groups (broad SMARTS) is 1. The molecule has 1 aromatic heterocycles. The second-order valence-electron chi connectivity index (χ2n) is 6.87. The van der Waals surface area contributed by atoms with E-state index in [1.54, 1.807) is 30.3 Å². The molecule has 4 aromatic rings. The molecule has 3 N–H and O–H groups in total. The number of aromatic nitrogens is 1. The van der Waals surface area contributed by atoms with Gasteiger partial charge in [0.15, 0.2) is 5.11 Å². The molecule has 6 nitrogen and oxygen atoms in total. The zero-order valence-electron chi connectivity index (χ0n) is 16.5. The van der Waals surface area contributed by atoms with E-state index in [1.807, 2.05) is 36.4 Å². The fraction of sp³-hybridized carbons (Fsp3) is 0. The summed E-state index contributed by atoms with van der Waals surface area (Å²) >= 11 is 11.3. The molecule has 4 rings (SSSR count). The van der Waals surface area contributed by atoms with Gasteiger partial charge in [-0.2, -0.15) is 0 Å². The third kappa shape index (κ3) is 4.74. The smallest absolute Gasteiger partial charge is 0.335 e. The topological polar surface area (TPSA) is 91.3 Å². The van der Waals surface area contributed by atoms with Crippen LogP contribution in [0.15, 0.2) is 78.9 Å². The van der Waals surface area contributed by atoms with E-state index >= 15 is 0 Å². The van der Waals surface area contributed by atoms with Gasteiger partial charge in [0.05, 0.1) is 22.3 Å². The van der Waals surface area contributed by atoms with Gasteiger partial charge >= 0.3 is 5.97 Å². The van der Waals surface area contributed by atoms with E-state index in [-0.39, 0.29) is 10.7 Å². The Morgan fingerprint density at radius 1 is 0.938 bits per heavy atom. The number of nitrogens with zero attached hydrogens (tertiary/aromatic N) is 1. The summed E-state index contributed by atoms with van der Waals surface area (Å²) in [6.07, 6.45) is 0. The Bertz CT molecular complexity index is 1340. The van der Waals surface area contributed by atoms with Crippen LogP contribution in [0.1, 0.15) is 20.7 Å². The lowest BCUT2D eigenvalue weighted by Crippen LogP contribution is -2.34. The van der Waals surface area contributed by atoms with Crippen molar-refractivity contribution in [1.82, 2.24) is 10.3 Å². The van der Waals surface area contributed by atoms with Gasteiger partial charge in [0.25, 0.3) is 5.91 Å². The lowest BCUT2D eigenvalue weighted by molar-refractivity contribution is 0.0696. The van der Waals surface area contributed by atoms with Crippen LogP contribution in [-0.2, 0) is 0 Å². The minimum absolute atomic E-state index is 0.0898. The third-order valence-electron chi connectivity index (χ3n) is 4.72. The summed E-state index contributed by atoms with van der Waals surface area (Å²) < 4.78 is 0. The standard InChI is InChI=1S/C24H16ClN3O3S/c25-16-9-5-14(6-10-16)21-13-19(18-3-1-2-4-20(18)27-21)22(29)28-24(32)26-17-11-7-15(8-12-17)23(30)31/h1-13H,(H,30,31)(H2,26,28,29,32). The Morgan fingerprint density at radius 3 is 2.31 bits per heavy atom. The number of carboxylic acids is 1. The highest BCUT2D eigenvalue weighted by Gasteiger charge is 2.15. The number of carbonyl (C=O) groups is 2. The van der Waals surface area contributed by atoms with Gasteiger partial charge in [-0.05, 0) is 60.7 Å². The second kappa shape index (κ2) is 9.13. The van der Waals surface area contributed by atoms with Crippen molar-refractivity contribution < 1.29 is 14.7 Å². The van der Waals surface area contributed by atoms with Crippen LogP contribution in [0.25, 0.3) is 22.2 Å². The summed E-state index contributed by atoms with van der Waals surface area (Å²) in [7, 11) is 0. The van der Waals surface area contributed by atoms with Gasteiger partial charge in [-0.3, -0.25) is 10.1 Å². The van der Waals surface area contributed by atoms with E-state index < -0.39 is 11.9 Å². The number of benzene rings is 3. The van der Waals surface area contributed by atoms with Crippen LogP contribution >= 0.6 is 23.8 Å². The van der Waals surface area contributed by atoms with Crippen molar-refractivity contribution in [3.8, 4) is 11.3 Å². The molecule has 0 unspecified atom stereocenters. The fourth-order valence-electron chi connectivity index (χ4n) is 3.16. The van der Waals surface area contributed by atoms with Crippen molar-refractivity contribution in [2.75, 3.05) is 5.32 Å². The van der Waals surface area contributed by atoms with Crippen LogP contribution in [0.2, 0.25) is 5.02 Å². The molecule has 0 radical (unpaired) electrons. The summed E-state index contributed by atoms with van der Waals surface area (Å²) in [5.74, 6) is -1.41. The Hall–Kier alpha value is -3.81. The van der Waals surface area contributed by atoms with Crippen molar-refractivity contribution in [2.45, 2.75) is 0 Å². The average Bonchev–Trinajstić information content (AvgIpc) is 2.79. The van der Waals surface area contributed by atoms with Crippen molar-refractivity contribution >= 4 is 57.4 Å². The SMILES string of the molecule is O=C(O)c1ccc(NC(=S)NC(=O)c2cc(-c3ccc(Cl)cc3)nc3ccccc23)cc1. The number of anilines is 1. The highest BCUT2D eigenvalue weighted by molar-refractivity contribution is 7.80. The summed E-state index contributed by atoms with van der Waals surface area (Å²) in [5, 5.41) is 15.9. The zero-order valence-corrected chi connectivity index (χ0v) is 18.1. The van der Waals surface area contributed by atoms with Crippen LogP contribution in [0.3, 0.4) is 0 Å². The Labute approximate surface area is 193 Å². The van der Waals surface area contributed by atoms with Gasteiger partial charge < -0.3 is 10.4 Å². The normalized spacial score (nSPS) is 10.5. The number of aromatic carboxylic acids is 1. The summed E-state index contributed by atoms with van der Waals surface area (Å²) in [6, 6.07) is 22.3. The highest BCUT2D eigenvalue weighted by Crippen LogP contribution is 2.26. The molecule has 3 aromatic carbocycles. The van der Waals surface area contributed by atoms with Crippen molar-refractivity contribution in [1.29, 1.82) is 0 Å². The second-order valence-corrected chi connectivity index (χ2v) is 7.71. The van der Waals surface area contributed by atoms with E-state index in [1.165, 1.54) is 12.1 Å². The maximum absolute atomic E-state index is 13.1. The molecule has 0 aliphatic carbocycles. The van der Waals surface area contributed by atoms with Gasteiger partial charge in [-0.1, -0.05) is 41.9 Å². The molecule has 0 atom stereocenters. The maximum Gasteiger partial charge on any atom is 0.335 e. The van der Waals surface area contributed by atoms with Gasteiger partial charge in [0, 0.05) is 21.7 Å². The predicted octanol–water partition coefficient (Wildman–Crippen LogP) is 5.38. The molecule has 0 aliphatic rings. The number of fused-ring (bicyclic) bond motifs is 1. The average molecular weight is 462 g/mol. The van der Waals surface area contributed by atoms with Crippen LogP contribution in [0.5, 0.6) is 0 Å². The Morgan fingerprint density at radius 2 is 1.62 bits per heavy atom. The molecule has 0 fully saturated rings. The zero-order chi connectivity index (χ0) is 22.7. The quantitative estimate of drug-likeness (QED) is 0.353. The Balaban J connectivity index is 1.60. The van der Waals surface area contributed by atoms with Crippen LogP contribution in [0, 0.1) is 0 Å². The fourth-order valence-corrected chi connectivity index (χ4v) is 3.50. The molecular weight excluding hydrogens is 446 g/mol. The molecule has 1 amide bonds. The lowest BCUT2D eigenvalue weighted by atomic mass is 10.0. The monoisotopic (exact) mass is 461 g/mol. The molecule has 158 valence electrons. The van der Waals surface area contributed by atoms with E-state index in [0.29, 0.717) is 32.9 Å². The number of thiocarbonyl (C=S) groups is 1. The summed E-state index contributed by atoms with van der Waals surface area (Å²) in [4.78, 5) is 28.7. The lowest BCUT2D eigenvalue weighted by Gasteiger charge is -2.12. The number of hydrogen-bond donors (Lipinski definition) is 3. The molecule has 32 heavy (non-hydrogen) atoms. The first-order chi connectivity index (χ1) is 15.4. The number of rotatable bonds is 4. The minimum atomic E-state index is -1.02. The number of pyridine rings is 1. The third-order valence-corrected chi connectivity index (χ3v) is 5.17. The van der Waals surface area contributed by atoms with Crippen LogP contribution in [-0.4, -0.2) is 27.1 Å². The van der Waals surface area contributed by atoms with E-state index in [2.05, 4.69) is 15.6 Å². The first kappa shape index (κ1) is 21.4. The molecular formula is C24H16ClN3O3S. The van der Waals surface area contributed by atoms with Gasteiger partial charge in [-0.15, -0.1) is 0 Å². The molecule has 0 bridgehead atoms. The molecule has 0 spiro atoms. The van der Waals surface area contributed by atoms with E-state index in [4.69, 9.17) is 28.9 Å². The highest BCUT2D eigenvalue weighted by atomic mass is 35.5. The van der Waals surface area contributed by atoms with Crippen LogP contribution < -0.4 is 10.6 Å². The van der Waals surface area contributed by atoms with Gasteiger partial charge in [0.2, 0.25) is 0 Å². The number of carbonyl (C=O) groups excluding carboxylic acids is 1. The van der Waals surface area contributed by atoms with Gasteiger partial charge in [0.1, 0.15) is 0 Å². The minimum Gasteiger partial charge on any atom is -0.478 e. The molecule has 1 heterocycles. The molecule has 8 heteroatoms. The number of hydrogen-bond acceptors (Lipinski definition) is 4. The van der Waals surface area contributed by atoms with E-state index in [0.717, 1.165) is 5.56 Å². The van der Waals surface area contributed by atoms with Crippen molar-refractivity contribution in [3.05, 3.63) is 95.0 Å². The number of amides is 1. The Kier molecular flexibility index (Phi) is 6.11. The number of halogens is 1. The predicted molar refractivity (Wildman–Crippen MR) is 129 cm³/mol. The molecule has 0 saturated heterocycles. The van der Waals surface area contributed by atoms with E-state index in [9.17, 15) is 9.59 Å². The number of nitrogens with one attached hydrogen (secondary N) is 2. The largest absolute Gasteiger partial charge is 0.478 e. The molecule has 0 aliphatic heterocycles.